The summed E-state index contributed by atoms with van der Waals surface area (Å²) in [6.07, 6.45) is 2.18. The zero-order valence-corrected chi connectivity index (χ0v) is 19.0. The highest BCUT2D eigenvalue weighted by atomic mass is 16.5. The normalized spacial score (nSPS) is 14.8. The maximum absolute atomic E-state index is 13.2. The summed E-state index contributed by atoms with van der Waals surface area (Å²) in [5.74, 6) is 0.282. The largest absolute Gasteiger partial charge is 0.497 e. The molecule has 1 aliphatic heterocycles. The first-order chi connectivity index (χ1) is 15.9. The summed E-state index contributed by atoms with van der Waals surface area (Å²) in [5, 5.41) is 2.21. The Morgan fingerprint density at radius 2 is 1.70 bits per heavy atom. The molecule has 1 N–H and O–H groups in total. The average Bonchev–Trinajstić information content (AvgIpc) is 2.81. The van der Waals surface area contributed by atoms with Gasteiger partial charge in [-0.05, 0) is 43.7 Å². The molecule has 2 aromatic carbocycles. The molecule has 0 saturated carbocycles. The lowest BCUT2D eigenvalue weighted by Gasteiger charge is -2.27. The maximum Gasteiger partial charge on any atom is 0.335 e. The third-order valence-electron chi connectivity index (χ3n) is 4.79. The molecule has 0 aliphatic carbocycles. The van der Waals surface area contributed by atoms with Crippen molar-refractivity contribution in [3.05, 3.63) is 47.5 Å². The fraction of sp³-hybridized carbons (Fsp3) is 0.292. The van der Waals surface area contributed by atoms with Gasteiger partial charge in [0, 0.05) is 17.7 Å². The van der Waals surface area contributed by atoms with E-state index < -0.39 is 17.8 Å². The van der Waals surface area contributed by atoms with Gasteiger partial charge in [0.25, 0.3) is 11.8 Å². The van der Waals surface area contributed by atoms with Crippen molar-refractivity contribution in [3.8, 4) is 23.0 Å². The Kier molecular flexibility index (Phi) is 7.55. The van der Waals surface area contributed by atoms with Crippen molar-refractivity contribution < 1.29 is 33.3 Å². The van der Waals surface area contributed by atoms with Crippen LogP contribution in [-0.4, -0.2) is 45.3 Å². The molecule has 2 aromatic rings. The van der Waals surface area contributed by atoms with Crippen molar-refractivity contribution >= 4 is 29.6 Å². The highest BCUT2D eigenvalue weighted by molar-refractivity contribution is 6.39. The molecule has 174 valence electrons. The summed E-state index contributed by atoms with van der Waals surface area (Å²) in [6, 6.07) is 8.83. The molecule has 4 amide bonds. The Morgan fingerprint density at radius 1 is 0.909 bits per heavy atom. The molecule has 3 rings (SSSR count). The number of barbiturate groups is 1. The van der Waals surface area contributed by atoms with Crippen molar-refractivity contribution in [1.82, 2.24) is 5.32 Å². The zero-order chi connectivity index (χ0) is 24.0. The second-order valence-electron chi connectivity index (χ2n) is 6.98. The molecular weight excluding hydrogens is 428 g/mol. The van der Waals surface area contributed by atoms with Crippen molar-refractivity contribution in [2.75, 3.05) is 32.3 Å². The zero-order valence-electron chi connectivity index (χ0n) is 19.0. The quantitative estimate of drug-likeness (QED) is 0.456. The van der Waals surface area contributed by atoms with Gasteiger partial charge in [-0.3, -0.25) is 14.9 Å². The van der Waals surface area contributed by atoms with Crippen molar-refractivity contribution in [3.63, 3.8) is 0 Å². The van der Waals surface area contributed by atoms with Crippen LogP contribution in [-0.2, 0) is 9.59 Å². The molecule has 1 heterocycles. The van der Waals surface area contributed by atoms with Crippen LogP contribution in [0.15, 0.2) is 42.0 Å². The monoisotopic (exact) mass is 454 g/mol. The van der Waals surface area contributed by atoms with Gasteiger partial charge in [0.1, 0.15) is 17.1 Å². The lowest BCUT2D eigenvalue weighted by Crippen LogP contribution is -2.54. The average molecular weight is 454 g/mol. The van der Waals surface area contributed by atoms with Gasteiger partial charge >= 0.3 is 6.03 Å². The molecule has 0 aromatic heterocycles. The molecule has 1 aliphatic rings. The van der Waals surface area contributed by atoms with Crippen LogP contribution in [0.2, 0.25) is 0 Å². The molecule has 0 atom stereocenters. The van der Waals surface area contributed by atoms with E-state index in [2.05, 4.69) is 5.32 Å². The lowest BCUT2D eigenvalue weighted by molar-refractivity contribution is -0.122. The van der Waals surface area contributed by atoms with Gasteiger partial charge in [0.15, 0.2) is 11.5 Å². The van der Waals surface area contributed by atoms with Gasteiger partial charge in [-0.25, -0.2) is 9.69 Å². The minimum atomic E-state index is -0.853. The highest BCUT2D eigenvalue weighted by Gasteiger charge is 2.37. The van der Waals surface area contributed by atoms with E-state index >= 15 is 0 Å². The van der Waals surface area contributed by atoms with Crippen LogP contribution in [0.5, 0.6) is 23.0 Å². The van der Waals surface area contributed by atoms with E-state index in [0.717, 1.165) is 11.3 Å². The number of nitrogens with zero attached hydrogens (tertiary/aromatic N) is 1. The second kappa shape index (κ2) is 10.5. The van der Waals surface area contributed by atoms with E-state index in [1.54, 1.807) is 30.3 Å². The number of imide groups is 2. The number of benzene rings is 2. The number of carbonyl (C=O) groups is 3. The number of anilines is 1. The third kappa shape index (κ3) is 5.08. The van der Waals surface area contributed by atoms with Crippen LogP contribution in [0, 0.1) is 0 Å². The highest BCUT2D eigenvalue weighted by Crippen LogP contribution is 2.34. The second-order valence-corrected chi connectivity index (χ2v) is 6.98. The smallest absolute Gasteiger partial charge is 0.335 e. The SMILES string of the molecule is CCCOc1ccc(N2C(=O)NC(=O)/C(=C\c3ccc(OC)cc3OC)C2=O)cc1OCC. The first-order valence-corrected chi connectivity index (χ1v) is 10.5. The predicted octanol–water partition coefficient (Wildman–Crippen LogP) is 3.56. The van der Waals surface area contributed by atoms with Crippen molar-refractivity contribution in [2.45, 2.75) is 20.3 Å². The van der Waals surface area contributed by atoms with Crippen LogP contribution in [0.3, 0.4) is 0 Å². The number of amides is 4. The number of ether oxygens (including phenoxy) is 4. The maximum atomic E-state index is 13.2. The van der Waals surface area contributed by atoms with Gasteiger partial charge in [0.2, 0.25) is 0 Å². The molecular formula is C24H26N2O7. The summed E-state index contributed by atoms with van der Waals surface area (Å²) >= 11 is 0. The molecule has 0 radical (unpaired) electrons. The minimum absolute atomic E-state index is 0.220. The fourth-order valence-electron chi connectivity index (χ4n) is 3.22. The Balaban J connectivity index is 2.00. The van der Waals surface area contributed by atoms with E-state index in [9.17, 15) is 14.4 Å². The Hall–Kier alpha value is -4.01. The Morgan fingerprint density at radius 3 is 2.36 bits per heavy atom. The molecule has 1 fully saturated rings. The number of methoxy groups -OCH3 is 2. The number of hydrogen-bond donors (Lipinski definition) is 1. The molecule has 0 unspecified atom stereocenters. The van der Waals surface area contributed by atoms with Crippen LogP contribution < -0.4 is 29.2 Å². The summed E-state index contributed by atoms with van der Waals surface area (Å²) in [6.45, 7) is 4.66. The van der Waals surface area contributed by atoms with Crippen molar-refractivity contribution in [2.24, 2.45) is 0 Å². The topological polar surface area (TPSA) is 103 Å². The first-order valence-electron chi connectivity index (χ1n) is 10.5. The van der Waals surface area contributed by atoms with E-state index in [-0.39, 0.29) is 11.3 Å². The van der Waals surface area contributed by atoms with Crippen LogP contribution in [0.4, 0.5) is 10.5 Å². The van der Waals surface area contributed by atoms with E-state index in [1.165, 1.54) is 26.4 Å². The molecule has 9 nitrogen and oxygen atoms in total. The number of nitrogens with one attached hydrogen (secondary N) is 1. The molecule has 0 bridgehead atoms. The van der Waals surface area contributed by atoms with E-state index in [1.807, 2.05) is 13.8 Å². The fourth-order valence-corrected chi connectivity index (χ4v) is 3.22. The Labute approximate surface area is 191 Å². The molecule has 0 spiro atoms. The summed E-state index contributed by atoms with van der Waals surface area (Å²) in [4.78, 5) is 39.2. The van der Waals surface area contributed by atoms with Gasteiger partial charge < -0.3 is 18.9 Å². The van der Waals surface area contributed by atoms with Gasteiger partial charge in [0.05, 0.1) is 33.1 Å². The lowest BCUT2D eigenvalue weighted by atomic mass is 10.1. The molecule has 33 heavy (non-hydrogen) atoms. The molecule has 1 saturated heterocycles. The molecule has 9 heteroatoms. The van der Waals surface area contributed by atoms with Crippen LogP contribution in [0.1, 0.15) is 25.8 Å². The minimum Gasteiger partial charge on any atom is -0.497 e. The van der Waals surface area contributed by atoms with Crippen LogP contribution in [0.25, 0.3) is 6.08 Å². The standard InChI is InChI=1S/C24H26N2O7/c1-5-11-33-19-10-8-16(13-21(19)32-6-2)26-23(28)18(22(27)25-24(26)29)12-15-7-9-17(30-3)14-20(15)31-4/h7-10,12-14H,5-6,11H2,1-4H3,(H,25,27,29)/b18-12+. The number of urea groups is 1. The number of rotatable bonds is 9. The summed E-state index contributed by atoms with van der Waals surface area (Å²) in [5.41, 5.74) is 0.497. The first kappa shape index (κ1) is 23.6. The summed E-state index contributed by atoms with van der Waals surface area (Å²) in [7, 11) is 2.98. The van der Waals surface area contributed by atoms with Crippen molar-refractivity contribution in [1.29, 1.82) is 0 Å². The van der Waals surface area contributed by atoms with Gasteiger partial charge in [-0.1, -0.05) is 6.92 Å². The van der Waals surface area contributed by atoms with Crippen LogP contribution >= 0.6 is 0 Å². The van der Waals surface area contributed by atoms with Gasteiger partial charge in [-0.2, -0.15) is 0 Å². The number of carbonyl (C=O) groups excluding carboxylic acids is 3. The number of hydrogen-bond acceptors (Lipinski definition) is 7. The summed E-state index contributed by atoms with van der Waals surface area (Å²) < 4.78 is 21.8. The van der Waals surface area contributed by atoms with E-state index in [0.29, 0.717) is 41.8 Å². The van der Waals surface area contributed by atoms with E-state index in [4.69, 9.17) is 18.9 Å². The predicted molar refractivity (Wildman–Crippen MR) is 122 cm³/mol. The Bertz CT molecular complexity index is 1090. The third-order valence-corrected chi connectivity index (χ3v) is 4.79. The van der Waals surface area contributed by atoms with Gasteiger partial charge in [-0.15, -0.1) is 0 Å².